The van der Waals surface area contributed by atoms with Gasteiger partial charge in [0.15, 0.2) is 6.61 Å². The van der Waals surface area contributed by atoms with E-state index in [2.05, 4.69) is 4.74 Å². The summed E-state index contributed by atoms with van der Waals surface area (Å²) in [5, 5.41) is 0. The number of benzene rings is 2. The first kappa shape index (κ1) is 25.7. The molecule has 3 rings (SSSR count). The fourth-order valence-electron chi connectivity index (χ4n) is 3.55. The summed E-state index contributed by atoms with van der Waals surface area (Å²) >= 11 is 0. The molecule has 1 aliphatic heterocycles. The SMILES string of the molecule is NC(=O)COc1ccc(C(N)=O)c(OC2CCN(C(=O)Cc3ccc(OC(F)(F)F)cc3)CC2)c1. The predicted octanol–water partition coefficient (Wildman–Crippen LogP) is 2.16. The van der Waals surface area contributed by atoms with Crippen LogP contribution in [0.1, 0.15) is 28.8 Å². The van der Waals surface area contributed by atoms with Crippen molar-refractivity contribution in [2.75, 3.05) is 19.7 Å². The lowest BCUT2D eigenvalue weighted by Crippen LogP contribution is -2.42. The number of halogens is 3. The molecule has 1 saturated heterocycles. The molecule has 12 heteroatoms. The number of ether oxygens (including phenoxy) is 3. The molecular weight excluding hydrogens is 471 g/mol. The summed E-state index contributed by atoms with van der Waals surface area (Å²) in [4.78, 5) is 36.9. The van der Waals surface area contributed by atoms with E-state index in [4.69, 9.17) is 20.9 Å². The maximum absolute atomic E-state index is 12.6. The Morgan fingerprint density at radius 2 is 1.60 bits per heavy atom. The van der Waals surface area contributed by atoms with Crippen LogP contribution in [0.15, 0.2) is 42.5 Å². The van der Waals surface area contributed by atoms with Crippen molar-refractivity contribution >= 4 is 17.7 Å². The van der Waals surface area contributed by atoms with E-state index < -0.39 is 18.2 Å². The van der Waals surface area contributed by atoms with E-state index in [9.17, 15) is 27.6 Å². The smallest absolute Gasteiger partial charge is 0.489 e. The van der Waals surface area contributed by atoms with Gasteiger partial charge in [0, 0.05) is 32.0 Å². The second-order valence-electron chi connectivity index (χ2n) is 7.84. The average Bonchev–Trinajstić information content (AvgIpc) is 2.78. The number of nitrogens with zero attached hydrogens (tertiary/aromatic N) is 1. The van der Waals surface area contributed by atoms with E-state index in [-0.39, 0.29) is 47.9 Å². The normalized spacial score (nSPS) is 14.3. The molecule has 1 aliphatic rings. The first-order chi connectivity index (χ1) is 16.5. The van der Waals surface area contributed by atoms with Crippen LogP contribution in [0.4, 0.5) is 13.2 Å². The third-order valence-corrected chi connectivity index (χ3v) is 5.20. The fraction of sp³-hybridized carbons (Fsp3) is 0.348. The van der Waals surface area contributed by atoms with Gasteiger partial charge in [0.2, 0.25) is 5.91 Å². The molecule has 35 heavy (non-hydrogen) atoms. The molecule has 0 unspecified atom stereocenters. The van der Waals surface area contributed by atoms with E-state index in [1.807, 2.05) is 0 Å². The van der Waals surface area contributed by atoms with Gasteiger partial charge in [0.1, 0.15) is 23.4 Å². The number of carbonyl (C=O) groups is 3. The Morgan fingerprint density at radius 1 is 0.971 bits per heavy atom. The molecule has 0 bridgehead atoms. The molecule has 1 fully saturated rings. The molecule has 0 atom stereocenters. The van der Waals surface area contributed by atoms with Crippen LogP contribution in [0.3, 0.4) is 0 Å². The number of alkyl halides is 3. The van der Waals surface area contributed by atoms with Crippen LogP contribution >= 0.6 is 0 Å². The average molecular weight is 495 g/mol. The molecule has 0 radical (unpaired) electrons. The largest absolute Gasteiger partial charge is 0.573 e. The fourth-order valence-corrected chi connectivity index (χ4v) is 3.55. The summed E-state index contributed by atoms with van der Waals surface area (Å²) in [7, 11) is 0. The molecular formula is C23H24F3N3O6. The highest BCUT2D eigenvalue weighted by atomic mass is 19.4. The Labute approximate surface area is 198 Å². The summed E-state index contributed by atoms with van der Waals surface area (Å²) in [5.41, 5.74) is 11.2. The van der Waals surface area contributed by atoms with Crippen LogP contribution in [-0.2, 0) is 16.0 Å². The van der Waals surface area contributed by atoms with Gasteiger partial charge in [0.25, 0.3) is 11.8 Å². The molecule has 188 valence electrons. The third-order valence-electron chi connectivity index (χ3n) is 5.20. The maximum atomic E-state index is 12.6. The molecule has 1 heterocycles. The maximum Gasteiger partial charge on any atom is 0.573 e. The lowest BCUT2D eigenvalue weighted by Gasteiger charge is -2.32. The Morgan fingerprint density at radius 3 is 2.17 bits per heavy atom. The van der Waals surface area contributed by atoms with Gasteiger partial charge in [-0.1, -0.05) is 12.1 Å². The number of likely N-dealkylation sites (tertiary alicyclic amines) is 1. The van der Waals surface area contributed by atoms with Gasteiger partial charge in [-0.25, -0.2) is 0 Å². The van der Waals surface area contributed by atoms with Gasteiger partial charge < -0.3 is 30.6 Å². The summed E-state index contributed by atoms with van der Waals surface area (Å²) in [5.74, 6) is -1.40. The van der Waals surface area contributed by atoms with Crippen molar-refractivity contribution < 1.29 is 41.8 Å². The first-order valence-electron chi connectivity index (χ1n) is 10.6. The molecule has 9 nitrogen and oxygen atoms in total. The summed E-state index contributed by atoms with van der Waals surface area (Å²) < 4.78 is 51.8. The van der Waals surface area contributed by atoms with Crippen LogP contribution in [0.2, 0.25) is 0 Å². The molecule has 0 saturated carbocycles. The molecule has 0 aliphatic carbocycles. The lowest BCUT2D eigenvalue weighted by molar-refractivity contribution is -0.274. The molecule has 4 N–H and O–H groups in total. The Hall–Kier alpha value is -3.96. The number of amides is 3. The van der Waals surface area contributed by atoms with E-state index in [1.165, 1.54) is 30.3 Å². The summed E-state index contributed by atoms with van der Waals surface area (Å²) in [6.45, 7) is 0.443. The van der Waals surface area contributed by atoms with E-state index in [0.717, 1.165) is 12.1 Å². The number of rotatable bonds is 9. The first-order valence-corrected chi connectivity index (χ1v) is 10.6. The van der Waals surface area contributed by atoms with Crippen molar-refractivity contribution in [3.63, 3.8) is 0 Å². The van der Waals surface area contributed by atoms with Crippen molar-refractivity contribution in [2.24, 2.45) is 11.5 Å². The van der Waals surface area contributed by atoms with E-state index in [1.54, 1.807) is 4.90 Å². The summed E-state index contributed by atoms with van der Waals surface area (Å²) in [6.07, 6.45) is -4.09. The van der Waals surface area contributed by atoms with Crippen LogP contribution in [0.25, 0.3) is 0 Å². The minimum absolute atomic E-state index is 0.0306. The number of nitrogens with two attached hydrogens (primary N) is 2. The monoisotopic (exact) mass is 495 g/mol. The number of hydrogen-bond acceptors (Lipinski definition) is 6. The number of carbonyl (C=O) groups excluding carboxylic acids is 3. The van der Waals surface area contributed by atoms with Crippen molar-refractivity contribution in [3.05, 3.63) is 53.6 Å². The minimum Gasteiger partial charge on any atom is -0.489 e. The van der Waals surface area contributed by atoms with Gasteiger partial charge in [0.05, 0.1) is 12.0 Å². The van der Waals surface area contributed by atoms with Gasteiger partial charge in [-0.2, -0.15) is 0 Å². The van der Waals surface area contributed by atoms with Gasteiger partial charge in [-0.05, 0) is 29.8 Å². The van der Waals surface area contributed by atoms with E-state index in [0.29, 0.717) is 31.5 Å². The van der Waals surface area contributed by atoms with Crippen LogP contribution < -0.4 is 25.7 Å². The van der Waals surface area contributed by atoms with Gasteiger partial charge in [-0.15, -0.1) is 13.2 Å². The molecule has 3 amide bonds. The molecule has 0 spiro atoms. The second-order valence-corrected chi connectivity index (χ2v) is 7.84. The Bertz CT molecular complexity index is 1070. The van der Waals surface area contributed by atoms with Crippen LogP contribution in [0, 0.1) is 0 Å². The quantitative estimate of drug-likeness (QED) is 0.548. The molecule has 2 aromatic rings. The molecule has 2 aromatic carbocycles. The minimum atomic E-state index is -4.78. The summed E-state index contributed by atoms with van der Waals surface area (Å²) in [6, 6.07) is 9.49. The highest BCUT2D eigenvalue weighted by Crippen LogP contribution is 2.28. The number of hydrogen-bond donors (Lipinski definition) is 2. The van der Waals surface area contributed by atoms with E-state index >= 15 is 0 Å². The van der Waals surface area contributed by atoms with Gasteiger partial charge >= 0.3 is 6.36 Å². The second kappa shape index (κ2) is 11.0. The zero-order valence-corrected chi connectivity index (χ0v) is 18.5. The van der Waals surface area contributed by atoms with Gasteiger partial charge in [-0.3, -0.25) is 14.4 Å². The standard InChI is InChI=1S/C23H24F3N3O6/c24-23(25,26)35-16-3-1-14(2-4-16)11-21(31)29-9-7-15(8-10-29)34-19-12-17(33-13-20(27)30)5-6-18(19)22(28)32/h1-6,12,15H,7-11,13H2,(H2,27,30)(H2,28,32). The molecule has 0 aromatic heterocycles. The van der Waals surface area contributed by atoms with Crippen molar-refractivity contribution in [1.82, 2.24) is 4.90 Å². The highest BCUT2D eigenvalue weighted by molar-refractivity contribution is 5.95. The number of primary amides is 2. The Balaban J connectivity index is 1.55. The predicted molar refractivity (Wildman–Crippen MR) is 117 cm³/mol. The zero-order chi connectivity index (χ0) is 25.6. The highest BCUT2D eigenvalue weighted by Gasteiger charge is 2.31. The van der Waals surface area contributed by atoms with Crippen molar-refractivity contribution in [1.29, 1.82) is 0 Å². The topological polar surface area (TPSA) is 134 Å². The Kier molecular flexibility index (Phi) is 8.05. The van der Waals surface area contributed by atoms with Crippen LogP contribution in [-0.4, -0.2) is 54.8 Å². The van der Waals surface area contributed by atoms with Crippen molar-refractivity contribution in [2.45, 2.75) is 31.7 Å². The lowest BCUT2D eigenvalue weighted by atomic mass is 10.1. The third kappa shape index (κ3) is 7.80. The van der Waals surface area contributed by atoms with Crippen LogP contribution in [0.5, 0.6) is 17.2 Å². The van der Waals surface area contributed by atoms with Crippen molar-refractivity contribution in [3.8, 4) is 17.2 Å². The zero-order valence-electron chi connectivity index (χ0n) is 18.5. The number of piperidine rings is 1.